The van der Waals surface area contributed by atoms with E-state index in [1.807, 2.05) is 19.9 Å². The summed E-state index contributed by atoms with van der Waals surface area (Å²) in [5.74, 6) is 0.0779. The third-order valence-corrected chi connectivity index (χ3v) is 6.44. The number of carbonyl (C=O) groups is 1. The Hall–Kier alpha value is -3.56. The molecule has 1 atom stereocenters. The van der Waals surface area contributed by atoms with Crippen LogP contribution in [0.25, 0.3) is 10.9 Å². The van der Waals surface area contributed by atoms with Crippen molar-refractivity contribution in [2.24, 2.45) is 5.10 Å². The first-order chi connectivity index (χ1) is 17.7. The summed E-state index contributed by atoms with van der Waals surface area (Å²) in [4.78, 5) is 30.1. The van der Waals surface area contributed by atoms with E-state index < -0.39 is 11.7 Å². The summed E-state index contributed by atoms with van der Waals surface area (Å²) < 4.78 is 20.6. The number of benzene rings is 3. The monoisotopic (exact) mass is 584 g/mol. The molecule has 0 bridgehead atoms. The summed E-state index contributed by atoms with van der Waals surface area (Å²) in [6.07, 6.45) is 2.31. The minimum atomic E-state index is -0.416. The molecule has 0 fully saturated rings. The second-order valence-corrected chi connectivity index (χ2v) is 9.66. The molecule has 0 unspecified atom stereocenters. The lowest BCUT2D eigenvalue weighted by atomic mass is 10.1. The van der Waals surface area contributed by atoms with Gasteiger partial charge in [0.25, 0.3) is 11.5 Å². The van der Waals surface area contributed by atoms with Crippen LogP contribution < -0.4 is 15.6 Å². The molecule has 0 aliphatic carbocycles. The van der Waals surface area contributed by atoms with Crippen molar-refractivity contribution in [1.82, 2.24) is 9.66 Å². The van der Waals surface area contributed by atoms with Crippen LogP contribution >= 0.6 is 27.5 Å². The quantitative estimate of drug-likeness (QED) is 0.244. The molecule has 1 amide bonds. The number of nitrogens with zero attached hydrogens (tertiary/aromatic N) is 3. The molecular weight excluding hydrogens is 563 g/mol. The summed E-state index contributed by atoms with van der Waals surface area (Å²) in [5.41, 5.74) is 1.43. The minimum absolute atomic E-state index is 0.0123. The number of aromatic nitrogens is 2. The molecule has 0 aliphatic heterocycles. The van der Waals surface area contributed by atoms with Gasteiger partial charge in [-0.25, -0.2) is 9.37 Å². The topological polar surface area (TPSA) is 85.6 Å². The first-order valence-corrected chi connectivity index (χ1v) is 12.7. The van der Waals surface area contributed by atoms with E-state index in [0.717, 1.165) is 10.9 Å². The van der Waals surface area contributed by atoms with Gasteiger partial charge in [0.05, 0.1) is 22.1 Å². The molecule has 37 heavy (non-hydrogen) atoms. The Morgan fingerprint density at radius 2 is 1.97 bits per heavy atom. The highest BCUT2D eigenvalue weighted by atomic mass is 79.9. The van der Waals surface area contributed by atoms with Crippen molar-refractivity contribution >= 4 is 56.2 Å². The average Bonchev–Trinajstić information content (AvgIpc) is 2.88. The van der Waals surface area contributed by atoms with Crippen LogP contribution in [0.2, 0.25) is 5.02 Å². The van der Waals surface area contributed by atoms with Crippen LogP contribution in [-0.4, -0.2) is 28.4 Å². The molecule has 0 radical (unpaired) electrons. The summed E-state index contributed by atoms with van der Waals surface area (Å²) >= 11 is 9.76. The van der Waals surface area contributed by atoms with Crippen LogP contribution in [0.5, 0.6) is 5.75 Å². The number of amides is 1. The van der Waals surface area contributed by atoms with E-state index in [1.54, 1.807) is 30.3 Å². The van der Waals surface area contributed by atoms with Crippen LogP contribution in [0.4, 0.5) is 10.1 Å². The van der Waals surface area contributed by atoms with Gasteiger partial charge >= 0.3 is 0 Å². The van der Waals surface area contributed by atoms with Crippen LogP contribution in [0.15, 0.2) is 75.0 Å². The Morgan fingerprint density at radius 3 is 2.68 bits per heavy atom. The largest absolute Gasteiger partial charge is 0.482 e. The molecule has 0 saturated carbocycles. The molecule has 1 N–H and O–H groups in total. The van der Waals surface area contributed by atoms with Gasteiger partial charge in [0.2, 0.25) is 0 Å². The fourth-order valence-corrected chi connectivity index (χ4v) is 4.10. The zero-order valence-electron chi connectivity index (χ0n) is 20.0. The number of nitrogens with one attached hydrogen (secondary N) is 1. The van der Waals surface area contributed by atoms with Gasteiger partial charge in [-0.2, -0.15) is 9.78 Å². The number of rotatable bonds is 8. The van der Waals surface area contributed by atoms with Crippen molar-refractivity contribution in [3.8, 4) is 5.75 Å². The Bertz CT molecular complexity index is 1540. The molecule has 0 spiro atoms. The van der Waals surface area contributed by atoms with Crippen molar-refractivity contribution in [3.05, 3.63) is 97.7 Å². The molecule has 1 heterocycles. The van der Waals surface area contributed by atoms with Gasteiger partial charge in [-0.15, -0.1) is 0 Å². The van der Waals surface area contributed by atoms with Crippen LogP contribution in [0, 0.1) is 5.82 Å². The minimum Gasteiger partial charge on any atom is -0.482 e. The fourth-order valence-electron chi connectivity index (χ4n) is 3.49. The van der Waals surface area contributed by atoms with Crippen LogP contribution in [0.3, 0.4) is 0 Å². The van der Waals surface area contributed by atoms with E-state index in [0.29, 0.717) is 33.7 Å². The van der Waals surface area contributed by atoms with E-state index in [2.05, 4.69) is 26.3 Å². The van der Waals surface area contributed by atoms with Crippen LogP contribution in [0.1, 0.15) is 37.6 Å². The SMILES string of the molecule is CC[C@@H](C)c1nc2ccc(Br)cc2c(=O)n1N=Cc1ccc(OCC(=O)Nc2ccc(F)cc2)c(Cl)c1. The van der Waals surface area contributed by atoms with Gasteiger partial charge in [-0.1, -0.05) is 41.4 Å². The fraction of sp³-hybridized carbons (Fsp3) is 0.185. The molecule has 4 aromatic rings. The smallest absolute Gasteiger partial charge is 0.282 e. The maximum Gasteiger partial charge on any atom is 0.282 e. The van der Waals surface area contributed by atoms with Crippen molar-refractivity contribution in [2.75, 3.05) is 11.9 Å². The van der Waals surface area contributed by atoms with E-state index in [4.69, 9.17) is 21.3 Å². The Labute approximate surface area is 226 Å². The molecule has 0 aliphatic rings. The van der Waals surface area contributed by atoms with Gasteiger partial charge in [0.15, 0.2) is 6.61 Å². The summed E-state index contributed by atoms with van der Waals surface area (Å²) in [5, 5.41) is 7.78. The molecular formula is C27H23BrClFN4O3. The third-order valence-electron chi connectivity index (χ3n) is 5.65. The number of hydrogen-bond donors (Lipinski definition) is 1. The van der Waals surface area contributed by atoms with Crippen molar-refractivity contribution in [1.29, 1.82) is 0 Å². The number of hydrogen-bond acceptors (Lipinski definition) is 5. The average molecular weight is 586 g/mol. The maximum absolute atomic E-state index is 13.2. The van der Waals surface area contributed by atoms with E-state index in [9.17, 15) is 14.0 Å². The Morgan fingerprint density at radius 1 is 1.22 bits per heavy atom. The predicted molar refractivity (Wildman–Crippen MR) is 147 cm³/mol. The van der Waals surface area contributed by atoms with E-state index >= 15 is 0 Å². The zero-order chi connectivity index (χ0) is 26.5. The number of halogens is 3. The number of carbonyl (C=O) groups excluding carboxylic acids is 1. The normalized spacial score (nSPS) is 12.1. The number of fused-ring (bicyclic) bond motifs is 1. The highest BCUT2D eigenvalue weighted by Crippen LogP contribution is 2.25. The molecule has 0 saturated heterocycles. The second-order valence-electron chi connectivity index (χ2n) is 8.34. The molecule has 10 heteroatoms. The van der Waals surface area contributed by atoms with Gasteiger partial charge in [-0.05, 0) is 72.6 Å². The maximum atomic E-state index is 13.2. The highest BCUT2D eigenvalue weighted by Gasteiger charge is 2.16. The van der Waals surface area contributed by atoms with Crippen molar-refractivity contribution < 1.29 is 13.9 Å². The number of ether oxygens (including phenoxy) is 1. The van der Waals surface area contributed by atoms with E-state index in [1.165, 1.54) is 35.2 Å². The van der Waals surface area contributed by atoms with Gasteiger partial charge < -0.3 is 10.1 Å². The van der Waals surface area contributed by atoms with Gasteiger partial charge in [0, 0.05) is 16.1 Å². The lowest BCUT2D eigenvalue weighted by molar-refractivity contribution is -0.118. The number of anilines is 1. The predicted octanol–water partition coefficient (Wildman–Crippen LogP) is 6.36. The molecule has 4 rings (SSSR count). The first kappa shape index (κ1) is 26.5. The summed E-state index contributed by atoms with van der Waals surface area (Å²) in [7, 11) is 0. The summed E-state index contributed by atoms with van der Waals surface area (Å²) in [6, 6.07) is 15.7. The third kappa shape index (κ3) is 6.42. The van der Waals surface area contributed by atoms with E-state index in [-0.39, 0.29) is 23.1 Å². The standard InChI is InChI=1S/C27H23BrClFN4O3/c1-3-16(2)26-33-23-10-5-18(28)13-21(23)27(36)34(26)31-14-17-4-11-24(22(29)12-17)37-15-25(35)32-20-8-6-19(30)7-9-20/h4-14,16H,3,15H2,1-2H3,(H,32,35)/t16-/m1/s1. The van der Waals surface area contributed by atoms with Crippen LogP contribution in [-0.2, 0) is 4.79 Å². The van der Waals surface area contributed by atoms with Gasteiger partial charge in [0.1, 0.15) is 17.4 Å². The lowest BCUT2D eigenvalue weighted by Gasteiger charge is -2.14. The highest BCUT2D eigenvalue weighted by molar-refractivity contribution is 9.10. The Balaban J connectivity index is 1.52. The van der Waals surface area contributed by atoms with Crippen molar-refractivity contribution in [2.45, 2.75) is 26.2 Å². The molecule has 3 aromatic carbocycles. The first-order valence-electron chi connectivity index (χ1n) is 11.5. The lowest BCUT2D eigenvalue weighted by Crippen LogP contribution is -2.23. The molecule has 7 nitrogen and oxygen atoms in total. The summed E-state index contributed by atoms with van der Waals surface area (Å²) in [6.45, 7) is 3.74. The second kappa shape index (κ2) is 11.7. The zero-order valence-corrected chi connectivity index (χ0v) is 22.4. The molecule has 190 valence electrons. The van der Waals surface area contributed by atoms with Crippen molar-refractivity contribution in [3.63, 3.8) is 0 Å². The molecule has 1 aromatic heterocycles. The van der Waals surface area contributed by atoms with Gasteiger partial charge in [-0.3, -0.25) is 9.59 Å². The Kier molecular flexibility index (Phi) is 8.35.